The zero-order valence-electron chi connectivity index (χ0n) is 6.44. The van der Waals surface area contributed by atoms with Crippen molar-refractivity contribution in [3.8, 4) is 11.5 Å². The van der Waals surface area contributed by atoms with Crippen LogP contribution < -0.4 is 74.0 Å². The molecule has 1 rings (SSSR count). The maximum Gasteiger partial charge on any atom is 1.00 e. The number of rotatable bonds is 1. The van der Waals surface area contributed by atoms with Crippen LogP contribution in [0.1, 0.15) is 10.4 Å². The van der Waals surface area contributed by atoms with E-state index >= 15 is 0 Å². The fraction of sp³-hybridized carbons (Fsp3) is 0. The van der Waals surface area contributed by atoms with E-state index in [0.717, 1.165) is 12.1 Å². The van der Waals surface area contributed by atoms with Crippen molar-refractivity contribution < 1.29 is 89.0 Å². The second-order valence-electron chi connectivity index (χ2n) is 1.99. The van der Waals surface area contributed by atoms with Crippen molar-refractivity contribution in [3.63, 3.8) is 0 Å². The van der Waals surface area contributed by atoms with Gasteiger partial charge in [0.1, 0.15) is 11.5 Å². The van der Waals surface area contributed by atoms with Crippen LogP contribution in [0.15, 0.2) is 18.2 Å². The molecule has 0 unspecified atom stereocenters. The number of hydrogen-bond donors (Lipinski definition) is 2. The van der Waals surface area contributed by atoms with Gasteiger partial charge in [0.15, 0.2) is 0 Å². The third kappa shape index (κ3) is 3.00. The van der Waals surface area contributed by atoms with Crippen LogP contribution in [-0.2, 0) is 0 Å². The zero-order valence-corrected chi connectivity index (χ0v) is 12.7. The Morgan fingerprint density at radius 2 is 1.92 bits per heavy atom. The van der Waals surface area contributed by atoms with E-state index in [9.17, 15) is 9.90 Å². The van der Waals surface area contributed by atoms with Gasteiger partial charge in [-0.05, 0) is 18.2 Å². The Morgan fingerprint density at radius 1 is 1.33 bits per heavy atom. The van der Waals surface area contributed by atoms with Crippen molar-refractivity contribution in [3.05, 3.63) is 23.8 Å². The molecule has 1 aromatic rings. The molecule has 58 valence electrons. The second kappa shape index (κ2) is 5.15. The first kappa shape index (κ1) is 12.3. The molecule has 4 nitrogen and oxygen atoms in total. The van der Waals surface area contributed by atoms with Gasteiger partial charge in [0.2, 0.25) is 0 Å². The van der Waals surface area contributed by atoms with Crippen molar-refractivity contribution in [2.75, 3.05) is 0 Å². The quantitative estimate of drug-likeness (QED) is 0.524. The second-order valence-corrected chi connectivity index (χ2v) is 1.99. The van der Waals surface area contributed by atoms with Gasteiger partial charge in [-0.2, -0.15) is 0 Å². The van der Waals surface area contributed by atoms with Crippen LogP contribution in [0.25, 0.3) is 0 Å². The summed E-state index contributed by atoms with van der Waals surface area (Å²) in [6, 6.07) is 3.19. The largest absolute Gasteiger partial charge is 1.00 e. The molecule has 0 radical (unpaired) electrons. The smallest absolute Gasteiger partial charge is 0.545 e. The van der Waals surface area contributed by atoms with Gasteiger partial charge in [0.25, 0.3) is 0 Å². The van der Waals surface area contributed by atoms with Crippen LogP contribution in [0.4, 0.5) is 0 Å². The minimum Gasteiger partial charge on any atom is -0.545 e. The first-order valence-corrected chi connectivity index (χ1v) is 2.84. The van der Waals surface area contributed by atoms with Gasteiger partial charge in [0.05, 0.1) is 5.97 Å². The standard InChI is InChI=1S/C7H6O4.Cs/c8-4-1-2-6(9)5(3-4)7(10)11;/h1-3,8-9H,(H,10,11);/q;+1/p-1. The van der Waals surface area contributed by atoms with Crippen LogP contribution in [0.2, 0.25) is 0 Å². The van der Waals surface area contributed by atoms with Gasteiger partial charge >= 0.3 is 68.9 Å². The molecule has 0 aliphatic carbocycles. The van der Waals surface area contributed by atoms with E-state index in [4.69, 9.17) is 10.2 Å². The molecular formula is C7H5CsO4. The third-order valence-corrected chi connectivity index (χ3v) is 1.20. The van der Waals surface area contributed by atoms with Crippen LogP contribution in [0.5, 0.6) is 11.5 Å². The van der Waals surface area contributed by atoms with E-state index in [-0.39, 0.29) is 74.6 Å². The van der Waals surface area contributed by atoms with Crippen LogP contribution in [-0.4, -0.2) is 16.2 Å². The average Bonchev–Trinajstić information content (AvgIpc) is 1.94. The molecule has 0 saturated heterocycles. The first-order valence-electron chi connectivity index (χ1n) is 2.84. The number of hydrogen-bond acceptors (Lipinski definition) is 4. The van der Waals surface area contributed by atoms with Gasteiger partial charge in [-0.15, -0.1) is 0 Å². The van der Waals surface area contributed by atoms with Crippen molar-refractivity contribution in [2.24, 2.45) is 0 Å². The van der Waals surface area contributed by atoms with Crippen LogP contribution >= 0.6 is 0 Å². The molecular weight excluding hydrogens is 281 g/mol. The Bertz CT molecular complexity index is 297. The zero-order chi connectivity index (χ0) is 8.43. The van der Waals surface area contributed by atoms with Gasteiger partial charge in [-0.1, -0.05) is 0 Å². The van der Waals surface area contributed by atoms with E-state index in [0.29, 0.717) is 0 Å². The number of aromatic carboxylic acids is 1. The molecule has 0 bridgehead atoms. The molecule has 0 fully saturated rings. The normalized spacial score (nSPS) is 8.67. The van der Waals surface area contributed by atoms with Gasteiger partial charge in [0, 0.05) is 5.56 Å². The Morgan fingerprint density at radius 3 is 2.33 bits per heavy atom. The predicted octanol–water partition coefficient (Wildman–Crippen LogP) is -3.53. The summed E-state index contributed by atoms with van der Waals surface area (Å²) in [6.07, 6.45) is 0. The third-order valence-electron chi connectivity index (χ3n) is 1.20. The Hall–Kier alpha value is 0.342. The summed E-state index contributed by atoms with van der Waals surface area (Å²) in [6.45, 7) is 0. The summed E-state index contributed by atoms with van der Waals surface area (Å²) in [5, 5.41) is 27.8. The van der Waals surface area contributed by atoms with Crippen molar-refractivity contribution in [1.29, 1.82) is 0 Å². The molecule has 2 N–H and O–H groups in total. The summed E-state index contributed by atoms with van der Waals surface area (Å²) in [7, 11) is 0. The Balaban J connectivity index is 0.00000121. The average molecular weight is 286 g/mol. The molecule has 0 atom stereocenters. The predicted molar refractivity (Wildman–Crippen MR) is 34.1 cm³/mol. The summed E-state index contributed by atoms with van der Waals surface area (Å²) >= 11 is 0. The van der Waals surface area contributed by atoms with E-state index in [1.807, 2.05) is 0 Å². The topological polar surface area (TPSA) is 80.6 Å². The number of carboxylic acid groups (broad SMARTS) is 1. The maximum absolute atomic E-state index is 10.2. The van der Waals surface area contributed by atoms with Gasteiger partial charge in [-0.25, -0.2) is 0 Å². The summed E-state index contributed by atoms with van der Waals surface area (Å²) in [5.74, 6) is -2.15. The molecule has 12 heavy (non-hydrogen) atoms. The summed E-state index contributed by atoms with van der Waals surface area (Å²) in [4.78, 5) is 10.2. The maximum atomic E-state index is 10.2. The number of phenolic OH excluding ortho intramolecular Hbond substituents is 1. The SMILES string of the molecule is O=C([O-])c1cc(O)ccc1O.[Cs+]. The fourth-order valence-electron chi connectivity index (χ4n) is 0.688. The van der Waals surface area contributed by atoms with Crippen LogP contribution in [0.3, 0.4) is 0 Å². The number of phenols is 2. The van der Waals surface area contributed by atoms with Gasteiger partial charge in [-0.3, -0.25) is 0 Å². The van der Waals surface area contributed by atoms with Crippen molar-refractivity contribution in [1.82, 2.24) is 0 Å². The van der Waals surface area contributed by atoms with E-state index in [1.54, 1.807) is 0 Å². The van der Waals surface area contributed by atoms with E-state index in [1.165, 1.54) is 6.07 Å². The van der Waals surface area contributed by atoms with Crippen LogP contribution in [0, 0.1) is 0 Å². The molecule has 0 aliphatic heterocycles. The molecule has 1 aromatic carbocycles. The van der Waals surface area contributed by atoms with Gasteiger partial charge < -0.3 is 20.1 Å². The van der Waals surface area contributed by atoms with E-state index < -0.39 is 17.3 Å². The number of carbonyl (C=O) groups is 1. The molecule has 0 aliphatic rings. The number of carboxylic acids is 1. The molecule has 5 heteroatoms. The molecule has 0 saturated carbocycles. The number of benzene rings is 1. The number of carbonyl (C=O) groups excluding carboxylic acids is 1. The molecule has 0 aromatic heterocycles. The Kier molecular flexibility index (Phi) is 5.30. The molecule has 0 heterocycles. The molecule has 0 amide bonds. The van der Waals surface area contributed by atoms with E-state index in [2.05, 4.69) is 0 Å². The van der Waals surface area contributed by atoms with Crippen molar-refractivity contribution in [2.45, 2.75) is 0 Å². The fourth-order valence-corrected chi connectivity index (χ4v) is 0.688. The molecule has 0 spiro atoms. The number of aromatic hydroxyl groups is 2. The summed E-state index contributed by atoms with van der Waals surface area (Å²) in [5.41, 5.74) is -0.412. The minimum absolute atomic E-state index is 0. The summed E-state index contributed by atoms with van der Waals surface area (Å²) < 4.78 is 0. The first-order chi connectivity index (χ1) is 5.11. The Labute approximate surface area is 128 Å². The monoisotopic (exact) mass is 286 g/mol. The minimum atomic E-state index is -1.52. The van der Waals surface area contributed by atoms with Crippen molar-refractivity contribution >= 4 is 5.97 Å².